The zero-order valence-corrected chi connectivity index (χ0v) is 22.8. The van der Waals surface area contributed by atoms with Gasteiger partial charge in [0.05, 0.1) is 16.9 Å². The third-order valence-electron chi connectivity index (χ3n) is 6.89. The highest BCUT2D eigenvalue weighted by atomic mass is 32.2. The van der Waals surface area contributed by atoms with E-state index in [1.54, 1.807) is 30.3 Å². The van der Waals surface area contributed by atoms with Crippen molar-refractivity contribution in [3.8, 4) is 0 Å². The molecule has 0 bridgehead atoms. The van der Waals surface area contributed by atoms with Crippen LogP contribution in [0.2, 0.25) is 0 Å². The maximum Gasteiger partial charge on any atom is 0.309 e. The molecule has 0 unspecified atom stereocenters. The van der Waals surface area contributed by atoms with Gasteiger partial charge in [0.1, 0.15) is 5.82 Å². The van der Waals surface area contributed by atoms with E-state index in [0.29, 0.717) is 12.0 Å². The average Bonchev–Trinajstić information content (AvgIpc) is 3.19. The summed E-state index contributed by atoms with van der Waals surface area (Å²) in [6.45, 7) is 5.87. The standard InChI is InChI=1S/C29H32FNO4S2/c1-4-5-9-25-28(36-23-14-10-19(2)11-15-23)26(29(32)33)27(21-7-6-8-22(30)18-21)31(25)37(34,35)24-16-12-20(3)13-17-24/h6-8,10-18,25-28H,4-5,9H2,1-3H3,(H,32,33)/t25-,26+,27+,28-/m1/s1. The molecule has 1 N–H and O–H groups in total. The quantitative estimate of drug-likeness (QED) is 0.330. The predicted octanol–water partition coefficient (Wildman–Crippen LogP) is 6.61. The van der Waals surface area contributed by atoms with E-state index < -0.39 is 45.1 Å². The highest BCUT2D eigenvalue weighted by Gasteiger charge is 2.57. The monoisotopic (exact) mass is 541 g/mol. The van der Waals surface area contributed by atoms with E-state index >= 15 is 0 Å². The van der Waals surface area contributed by atoms with Crippen LogP contribution in [0.3, 0.4) is 0 Å². The summed E-state index contributed by atoms with van der Waals surface area (Å²) in [6, 6.07) is 18.4. The van der Waals surface area contributed by atoms with Gasteiger partial charge < -0.3 is 5.11 Å². The van der Waals surface area contributed by atoms with Gasteiger partial charge >= 0.3 is 5.97 Å². The van der Waals surface area contributed by atoms with Gasteiger partial charge in [0, 0.05) is 16.2 Å². The number of aryl methyl sites for hydroxylation is 2. The van der Waals surface area contributed by atoms with E-state index in [2.05, 4.69) is 0 Å². The number of aliphatic carboxylic acids is 1. The molecule has 4 rings (SSSR count). The maximum atomic E-state index is 14.4. The Morgan fingerprint density at radius 3 is 2.19 bits per heavy atom. The molecule has 37 heavy (non-hydrogen) atoms. The fourth-order valence-corrected chi connectivity index (χ4v) is 8.43. The van der Waals surface area contributed by atoms with Crippen molar-refractivity contribution in [2.75, 3.05) is 0 Å². The normalized spacial score (nSPS) is 22.3. The molecule has 5 nitrogen and oxygen atoms in total. The van der Waals surface area contributed by atoms with E-state index in [1.165, 1.54) is 34.3 Å². The highest BCUT2D eigenvalue weighted by Crippen LogP contribution is 2.52. The zero-order chi connectivity index (χ0) is 26.7. The molecule has 1 aliphatic rings. The van der Waals surface area contributed by atoms with Crippen LogP contribution in [0, 0.1) is 25.6 Å². The third-order valence-corrected chi connectivity index (χ3v) is 10.2. The van der Waals surface area contributed by atoms with Gasteiger partial charge in [-0.1, -0.05) is 67.3 Å². The molecule has 8 heteroatoms. The first kappa shape index (κ1) is 27.4. The SMILES string of the molecule is CCCC[C@@H]1[C@@H](Sc2ccc(C)cc2)[C@@H](C(=O)O)[C@H](c2cccc(F)c2)N1S(=O)(=O)c1ccc(C)cc1. The van der Waals surface area contributed by atoms with Crippen molar-refractivity contribution in [1.29, 1.82) is 0 Å². The largest absolute Gasteiger partial charge is 0.481 e. The molecule has 0 amide bonds. The molecule has 1 aliphatic heterocycles. The van der Waals surface area contributed by atoms with Gasteiger partial charge in [0.15, 0.2) is 0 Å². The fourth-order valence-electron chi connectivity index (χ4n) is 5.04. The molecule has 3 aromatic rings. The first-order valence-corrected chi connectivity index (χ1v) is 14.8. The molecule has 0 saturated carbocycles. The van der Waals surface area contributed by atoms with E-state index in [9.17, 15) is 22.7 Å². The molecule has 1 saturated heterocycles. The number of unbranched alkanes of at least 4 members (excludes halogenated alkanes) is 1. The van der Waals surface area contributed by atoms with E-state index in [1.807, 2.05) is 45.0 Å². The number of carboxylic acids is 1. The second-order valence-corrected chi connectivity index (χ2v) is 12.7. The number of hydrogen-bond acceptors (Lipinski definition) is 4. The molecule has 0 spiro atoms. The van der Waals surface area contributed by atoms with Crippen molar-refractivity contribution in [3.63, 3.8) is 0 Å². The summed E-state index contributed by atoms with van der Waals surface area (Å²) in [5.74, 6) is -2.70. The van der Waals surface area contributed by atoms with Crippen molar-refractivity contribution in [1.82, 2.24) is 4.31 Å². The molecule has 0 radical (unpaired) electrons. The second kappa shape index (κ2) is 11.4. The zero-order valence-electron chi connectivity index (χ0n) is 21.2. The lowest BCUT2D eigenvalue weighted by molar-refractivity contribution is -0.142. The first-order valence-electron chi connectivity index (χ1n) is 12.4. The Bertz CT molecular complexity index is 1340. The Morgan fingerprint density at radius 1 is 1.00 bits per heavy atom. The number of benzene rings is 3. The van der Waals surface area contributed by atoms with Crippen LogP contribution >= 0.6 is 11.8 Å². The van der Waals surface area contributed by atoms with Crippen LogP contribution in [-0.4, -0.2) is 35.1 Å². The number of hydrogen-bond donors (Lipinski definition) is 1. The number of carboxylic acid groups (broad SMARTS) is 1. The van der Waals surface area contributed by atoms with Gasteiger partial charge in [-0.15, -0.1) is 11.8 Å². The Morgan fingerprint density at radius 2 is 1.62 bits per heavy atom. The van der Waals surface area contributed by atoms with Crippen molar-refractivity contribution >= 4 is 27.8 Å². The summed E-state index contributed by atoms with van der Waals surface area (Å²) < 4.78 is 44.2. The molecule has 3 aromatic carbocycles. The smallest absolute Gasteiger partial charge is 0.309 e. The lowest BCUT2D eigenvalue weighted by Gasteiger charge is -2.31. The molecule has 196 valence electrons. The van der Waals surface area contributed by atoms with Gasteiger partial charge in [-0.05, 0) is 62.2 Å². The minimum absolute atomic E-state index is 0.103. The second-order valence-electron chi connectivity index (χ2n) is 9.62. The molecule has 0 aliphatic carbocycles. The van der Waals surface area contributed by atoms with Gasteiger partial charge in [-0.25, -0.2) is 12.8 Å². The minimum atomic E-state index is -4.11. The highest BCUT2D eigenvalue weighted by molar-refractivity contribution is 8.00. The van der Waals surface area contributed by atoms with Gasteiger partial charge in [0.2, 0.25) is 10.0 Å². The maximum absolute atomic E-state index is 14.4. The number of halogens is 1. The van der Waals surface area contributed by atoms with Crippen LogP contribution in [0.15, 0.2) is 82.6 Å². The summed E-state index contributed by atoms with van der Waals surface area (Å²) >= 11 is 1.39. The Kier molecular flexibility index (Phi) is 8.41. The summed E-state index contributed by atoms with van der Waals surface area (Å²) in [5, 5.41) is 9.94. The molecule has 0 aromatic heterocycles. The van der Waals surface area contributed by atoms with Crippen LogP contribution in [0.4, 0.5) is 4.39 Å². The topological polar surface area (TPSA) is 74.7 Å². The third kappa shape index (κ3) is 5.76. The van der Waals surface area contributed by atoms with Crippen molar-refractivity contribution < 1.29 is 22.7 Å². The van der Waals surface area contributed by atoms with Crippen molar-refractivity contribution in [3.05, 3.63) is 95.3 Å². The lowest BCUT2D eigenvalue weighted by Crippen LogP contribution is -2.40. The van der Waals surface area contributed by atoms with Crippen LogP contribution < -0.4 is 0 Å². The van der Waals surface area contributed by atoms with Gasteiger partial charge in [0.25, 0.3) is 0 Å². The summed E-state index contributed by atoms with van der Waals surface area (Å²) in [4.78, 5) is 13.8. The number of carbonyl (C=O) groups is 1. The van der Waals surface area contributed by atoms with Crippen LogP contribution in [0.5, 0.6) is 0 Å². The Labute approximate surface area is 222 Å². The number of nitrogens with zero attached hydrogens (tertiary/aromatic N) is 1. The Hall–Kier alpha value is -2.68. The molecule has 1 fully saturated rings. The van der Waals surface area contributed by atoms with E-state index in [0.717, 1.165) is 28.9 Å². The predicted molar refractivity (Wildman–Crippen MR) is 145 cm³/mol. The van der Waals surface area contributed by atoms with E-state index in [4.69, 9.17) is 0 Å². The van der Waals surface area contributed by atoms with Crippen LogP contribution in [-0.2, 0) is 14.8 Å². The molecular formula is C29H32FNO4S2. The average molecular weight is 542 g/mol. The number of rotatable bonds is 9. The van der Waals surface area contributed by atoms with E-state index in [-0.39, 0.29) is 4.90 Å². The number of sulfonamides is 1. The van der Waals surface area contributed by atoms with Gasteiger partial charge in [-0.2, -0.15) is 4.31 Å². The summed E-state index contributed by atoms with van der Waals surface area (Å²) in [5.41, 5.74) is 2.34. The lowest BCUT2D eigenvalue weighted by atomic mass is 9.92. The summed E-state index contributed by atoms with van der Waals surface area (Å²) in [7, 11) is -4.11. The Balaban J connectivity index is 1.92. The summed E-state index contributed by atoms with van der Waals surface area (Å²) in [6.07, 6.45) is 2.07. The van der Waals surface area contributed by atoms with Crippen LogP contribution in [0.1, 0.15) is 48.9 Å². The number of thioether (sulfide) groups is 1. The van der Waals surface area contributed by atoms with Crippen LogP contribution in [0.25, 0.3) is 0 Å². The van der Waals surface area contributed by atoms with Crippen molar-refractivity contribution in [2.45, 2.75) is 67.2 Å². The molecule has 4 atom stereocenters. The first-order chi connectivity index (χ1) is 17.6. The fraction of sp³-hybridized carbons (Fsp3) is 0.345. The molecule has 1 heterocycles. The minimum Gasteiger partial charge on any atom is -0.481 e. The van der Waals surface area contributed by atoms with Crippen molar-refractivity contribution in [2.24, 2.45) is 5.92 Å². The van der Waals surface area contributed by atoms with Gasteiger partial charge in [-0.3, -0.25) is 4.79 Å². The molecular weight excluding hydrogens is 509 g/mol.